The standard InChI is InChI=1S/C14H22ClN3/c1-11-6-7-18(14(9-16)10-17(11)2)13-5-3-4-12(15)8-13/h3-5,8,11,14H,6-7,9-10,16H2,1-2H3. The molecule has 0 amide bonds. The van der Waals surface area contributed by atoms with Gasteiger partial charge in [0.05, 0.1) is 6.04 Å². The van der Waals surface area contributed by atoms with Gasteiger partial charge < -0.3 is 15.5 Å². The molecule has 100 valence electrons. The Bertz CT molecular complexity index is 396. The number of halogens is 1. The molecular formula is C14H22ClN3. The van der Waals surface area contributed by atoms with E-state index in [0.717, 1.165) is 24.5 Å². The Kier molecular flexibility index (Phi) is 4.49. The van der Waals surface area contributed by atoms with Crippen LogP contribution < -0.4 is 10.6 Å². The maximum Gasteiger partial charge on any atom is 0.0539 e. The van der Waals surface area contributed by atoms with Crippen LogP contribution in [0.3, 0.4) is 0 Å². The van der Waals surface area contributed by atoms with E-state index in [2.05, 4.69) is 29.8 Å². The predicted octanol–water partition coefficient (Wildman–Crippen LogP) is 2.20. The van der Waals surface area contributed by atoms with Gasteiger partial charge in [-0.2, -0.15) is 0 Å². The summed E-state index contributed by atoms with van der Waals surface area (Å²) in [7, 11) is 2.18. The number of rotatable bonds is 2. The molecule has 4 heteroatoms. The molecule has 0 aliphatic carbocycles. The van der Waals surface area contributed by atoms with E-state index in [9.17, 15) is 0 Å². The van der Waals surface area contributed by atoms with Crippen LogP contribution in [-0.2, 0) is 0 Å². The second-order valence-corrected chi connectivity index (χ2v) is 5.58. The van der Waals surface area contributed by atoms with Gasteiger partial charge >= 0.3 is 0 Å². The molecule has 0 bridgehead atoms. The van der Waals surface area contributed by atoms with Gasteiger partial charge in [0.2, 0.25) is 0 Å². The second kappa shape index (κ2) is 5.91. The molecule has 0 radical (unpaired) electrons. The third-order valence-corrected chi connectivity index (χ3v) is 4.13. The van der Waals surface area contributed by atoms with Gasteiger partial charge in [0, 0.05) is 36.4 Å². The summed E-state index contributed by atoms with van der Waals surface area (Å²) in [6, 6.07) is 9.02. The van der Waals surface area contributed by atoms with E-state index in [1.54, 1.807) is 0 Å². The van der Waals surface area contributed by atoms with Gasteiger partial charge in [-0.25, -0.2) is 0 Å². The molecule has 1 saturated heterocycles. The lowest BCUT2D eigenvalue weighted by Gasteiger charge is -2.32. The van der Waals surface area contributed by atoms with E-state index in [1.165, 1.54) is 5.69 Å². The van der Waals surface area contributed by atoms with Gasteiger partial charge in [-0.15, -0.1) is 0 Å². The van der Waals surface area contributed by atoms with E-state index in [-0.39, 0.29) is 0 Å². The molecule has 2 unspecified atom stereocenters. The topological polar surface area (TPSA) is 32.5 Å². The fourth-order valence-corrected chi connectivity index (χ4v) is 2.72. The van der Waals surface area contributed by atoms with Gasteiger partial charge in [-0.1, -0.05) is 17.7 Å². The highest BCUT2D eigenvalue weighted by molar-refractivity contribution is 6.30. The fraction of sp³-hybridized carbons (Fsp3) is 0.571. The summed E-state index contributed by atoms with van der Waals surface area (Å²) in [6.45, 7) is 4.98. The van der Waals surface area contributed by atoms with Crippen molar-refractivity contribution in [1.82, 2.24) is 4.90 Å². The van der Waals surface area contributed by atoms with Crippen LogP contribution in [0.4, 0.5) is 5.69 Å². The minimum atomic E-state index is 0.360. The average Bonchev–Trinajstić information content (AvgIpc) is 2.50. The molecule has 1 aliphatic heterocycles. The minimum Gasteiger partial charge on any atom is -0.366 e. The zero-order chi connectivity index (χ0) is 13.1. The third kappa shape index (κ3) is 2.97. The summed E-state index contributed by atoms with van der Waals surface area (Å²) in [4.78, 5) is 4.79. The monoisotopic (exact) mass is 267 g/mol. The van der Waals surface area contributed by atoms with Gasteiger partial charge in [0.15, 0.2) is 0 Å². The number of nitrogens with two attached hydrogens (primary N) is 1. The minimum absolute atomic E-state index is 0.360. The normalized spacial score (nSPS) is 26.1. The lowest BCUT2D eigenvalue weighted by Crippen LogP contribution is -2.45. The molecule has 1 aromatic rings. The number of hydrogen-bond acceptors (Lipinski definition) is 3. The highest BCUT2D eigenvalue weighted by atomic mass is 35.5. The lowest BCUT2D eigenvalue weighted by atomic mass is 10.2. The maximum atomic E-state index is 6.08. The molecule has 0 spiro atoms. The van der Waals surface area contributed by atoms with Gasteiger partial charge in [0.25, 0.3) is 0 Å². The Labute approximate surface area is 115 Å². The Balaban J connectivity index is 2.24. The van der Waals surface area contributed by atoms with E-state index >= 15 is 0 Å². The summed E-state index contributed by atoms with van der Waals surface area (Å²) in [5, 5.41) is 0.786. The highest BCUT2D eigenvalue weighted by Crippen LogP contribution is 2.24. The molecular weight excluding hydrogens is 246 g/mol. The van der Waals surface area contributed by atoms with Crippen molar-refractivity contribution < 1.29 is 0 Å². The summed E-state index contributed by atoms with van der Waals surface area (Å²) in [6.07, 6.45) is 1.15. The molecule has 1 heterocycles. The maximum absolute atomic E-state index is 6.08. The highest BCUT2D eigenvalue weighted by Gasteiger charge is 2.25. The van der Waals surface area contributed by atoms with E-state index in [4.69, 9.17) is 17.3 Å². The molecule has 1 fully saturated rings. The van der Waals surface area contributed by atoms with Crippen molar-refractivity contribution in [2.75, 3.05) is 31.6 Å². The summed E-state index contributed by atoms with van der Waals surface area (Å²) < 4.78 is 0. The third-order valence-electron chi connectivity index (χ3n) is 3.89. The first-order chi connectivity index (χ1) is 8.61. The van der Waals surface area contributed by atoms with Gasteiger partial charge in [-0.05, 0) is 38.6 Å². The van der Waals surface area contributed by atoms with Crippen molar-refractivity contribution in [3.63, 3.8) is 0 Å². The number of likely N-dealkylation sites (N-methyl/N-ethyl adjacent to an activating group) is 1. The Hall–Kier alpha value is -0.770. The molecule has 2 atom stereocenters. The molecule has 0 saturated carbocycles. The van der Waals surface area contributed by atoms with Crippen molar-refractivity contribution in [1.29, 1.82) is 0 Å². The Morgan fingerprint density at radius 2 is 2.22 bits per heavy atom. The molecule has 0 aromatic heterocycles. The number of nitrogens with zero attached hydrogens (tertiary/aromatic N) is 2. The van der Waals surface area contributed by atoms with Crippen molar-refractivity contribution in [2.45, 2.75) is 25.4 Å². The number of anilines is 1. The van der Waals surface area contributed by atoms with Crippen LogP contribution in [0.25, 0.3) is 0 Å². The quantitative estimate of drug-likeness (QED) is 0.892. The molecule has 1 aromatic carbocycles. The van der Waals surface area contributed by atoms with E-state index < -0.39 is 0 Å². The number of benzene rings is 1. The second-order valence-electron chi connectivity index (χ2n) is 5.14. The fourth-order valence-electron chi connectivity index (χ4n) is 2.54. The van der Waals surface area contributed by atoms with Crippen LogP contribution in [0.2, 0.25) is 5.02 Å². The zero-order valence-corrected chi connectivity index (χ0v) is 11.9. The first kappa shape index (κ1) is 13.7. The summed E-state index contributed by atoms with van der Waals surface area (Å²) in [5.41, 5.74) is 7.13. The van der Waals surface area contributed by atoms with Crippen LogP contribution >= 0.6 is 11.6 Å². The van der Waals surface area contributed by atoms with Crippen molar-refractivity contribution in [2.24, 2.45) is 5.73 Å². The molecule has 1 aliphatic rings. The number of hydrogen-bond donors (Lipinski definition) is 1. The van der Waals surface area contributed by atoms with Crippen LogP contribution in [0, 0.1) is 0 Å². The first-order valence-electron chi connectivity index (χ1n) is 6.54. The van der Waals surface area contributed by atoms with Crippen LogP contribution in [0.15, 0.2) is 24.3 Å². The largest absolute Gasteiger partial charge is 0.366 e. The Morgan fingerprint density at radius 3 is 2.89 bits per heavy atom. The first-order valence-corrected chi connectivity index (χ1v) is 6.92. The van der Waals surface area contributed by atoms with Crippen molar-refractivity contribution in [3.8, 4) is 0 Å². The molecule has 3 nitrogen and oxygen atoms in total. The summed E-state index contributed by atoms with van der Waals surface area (Å²) >= 11 is 6.08. The van der Waals surface area contributed by atoms with Crippen molar-refractivity contribution in [3.05, 3.63) is 29.3 Å². The Morgan fingerprint density at radius 1 is 1.44 bits per heavy atom. The predicted molar refractivity (Wildman–Crippen MR) is 78.3 cm³/mol. The van der Waals surface area contributed by atoms with Crippen molar-refractivity contribution >= 4 is 17.3 Å². The van der Waals surface area contributed by atoms with Gasteiger partial charge in [-0.3, -0.25) is 0 Å². The smallest absolute Gasteiger partial charge is 0.0539 e. The zero-order valence-electron chi connectivity index (χ0n) is 11.1. The molecule has 2 N–H and O–H groups in total. The SMILES string of the molecule is CC1CCN(c2cccc(Cl)c2)C(CN)CN1C. The molecule has 2 rings (SSSR count). The molecule has 18 heavy (non-hydrogen) atoms. The van der Waals surface area contributed by atoms with E-state index in [0.29, 0.717) is 18.6 Å². The summed E-state index contributed by atoms with van der Waals surface area (Å²) in [5.74, 6) is 0. The van der Waals surface area contributed by atoms with Crippen LogP contribution in [-0.4, -0.2) is 43.7 Å². The van der Waals surface area contributed by atoms with Gasteiger partial charge in [0.1, 0.15) is 0 Å². The van der Waals surface area contributed by atoms with Crippen LogP contribution in [0.1, 0.15) is 13.3 Å². The average molecular weight is 268 g/mol. The van der Waals surface area contributed by atoms with Crippen LogP contribution in [0.5, 0.6) is 0 Å². The lowest BCUT2D eigenvalue weighted by molar-refractivity contribution is 0.256. The van der Waals surface area contributed by atoms with E-state index in [1.807, 2.05) is 18.2 Å².